The van der Waals surface area contributed by atoms with Crippen LogP contribution in [0, 0.1) is 0 Å². The van der Waals surface area contributed by atoms with Gasteiger partial charge in [-0.25, -0.2) is 24.0 Å². The first-order valence-corrected chi connectivity index (χ1v) is 30.6. The molecule has 3 rings (SSSR count). The lowest BCUT2D eigenvalue weighted by atomic mass is 9.82. The number of nitrogens with one attached hydrogen (secondary N) is 5. The van der Waals surface area contributed by atoms with Crippen LogP contribution < -0.4 is 26.6 Å². The van der Waals surface area contributed by atoms with Gasteiger partial charge in [0.05, 0.1) is 36.6 Å². The third-order valence-corrected chi connectivity index (χ3v) is 12.8. The second-order valence-corrected chi connectivity index (χ2v) is 28.1. The minimum Gasteiger partial charge on any atom is -0.457 e. The van der Waals surface area contributed by atoms with Crippen LogP contribution in [0.2, 0.25) is 0 Å². The van der Waals surface area contributed by atoms with Gasteiger partial charge in [-0.05, 0) is 130 Å². The molecule has 500 valence electrons. The standard InChI is InChI=1S/C56H96N6O24S/c1-22-36-41(75-30(3)64)38(61-50(70)84-55(14,15)16)42(76-31(4)65)46(78-36)80-39-34(58-44(66)37(74-29(2)63)25-26-57-47(67)81-52(5,6)7)27-35(60-49(69)83-54(11,12)13)40(43(39)86-87(21,72)73)79-45-33(59-48(68)82-53(8,9)10)24-23-32(77-45)28-62(20)51(71)85-56(17,18)19/h32-43,45-46H,22-28H2,1-21H3,(H,57,67)(H,58,66)(H,59,68)(H,60,69)(H,61,70)/t32?,33?,34-,35+,36?,37+,38+,39+,40?,41+,42?,43?,45-,46-/m1/s1. The van der Waals surface area contributed by atoms with Gasteiger partial charge in [-0.1, -0.05) is 6.92 Å². The van der Waals surface area contributed by atoms with Crippen molar-refractivity contribution in [3.05, 3.63) is 0 Å². The Balaban J connectivity index is 2.47. The molecular weight excluding hydrogens is 1170 g/mol. The molecule has 6 amide bonds. The van der Waals surface area contributed by atoms with Gasteiger partial charge >= 0.3 is 48.4 Å². The van der Waals surface area contributed by atoms with Crippen LogP contribution in [-0.4, -0.2) is 208 Å². The van der Waals surface area contributed by atoms with E-state index in [4.69, 9.17) is 61.0 Å². The molecule has 0 aromatic heterocycles. The molecule has 87 heavy (non-hydrogen) atoms. The number of rotatable bonds is 20. The number of amides is 6. The van der Waals surface area contributed by atoms with E-state index >= 15 is 0 Å². The highest BCUT2D eigenvalue weighted by molar-refractivity contribution is 7.86. The predicted molar refractivity (Wildman–Crippen MR) is 307 cm³/mol. The largest absolute Gasteiger partial charge is 0.457 e. The molecule has 1 aliphatic carbocycles. The predicted octanol–water partition coefficient (Wildman–Crippen LogP) is 4.89. The second kappa shape index (κ2) is 30.9. The minimum absolute atomic E-state index is 0.00947. The third kappa shape index (κ3) is 27.5. The molecule has 31 heteroatoms. The van der Waals surface area contributed by atoms with Crippen molar-refractivity contribution >= 4 is 64.4 Å². The summed E-state index contributed by atoms with van der Waals surface area (Å²) in [7, 11) is -3.30. The van der Waals surface area contributed by atoms with Gasteiger partial charge in [0.15, 0.2) is 30.9 Å². The zero-order valence-corrected chi connectivity index (χ0v) is 55.0. The van der Waals surface area contributed by atoms with Crippen molar-refractivity contribution in [2.45, 2.75) is 277 Å². The van der Waals surface area contributed by atoms with Crippen LogP contribution in [0.1, 0.15) is 164 Å². The molecule has 0 radical (unpaired) electrons. The molecule has 0 spiro atoms. The van der Waals surface area contributed by atoms with Crippen LogP contribution in [0.15, 0.2) is 0 Å². The van der Waals surface area contributed by atoms with E-state index in [1.54, 1.807) is 111 Å². The summed E-state index contributed by atoms with van der Waals surface area (Å²) in [5, 5.41) is 13.3. The summed E-state index contributed by atoms with van der Waals surface area (Å²) in [6, 6.07) is -5.88. The number of likely N-dealkylation sites (N-methyl/N-ethyl adjacent to an activating group) is 1. The van der Waals surface area contributed by atoms with Crippen molar-refractivity contribution in [1.82, 2.24) is 31.5 Å². The first-order valence-electron chi connectivity index (χ1n) is 28.8. The van der Waals surface area contributed by atoms with E-state index in [0.717, 1.165) is 20.8 Å². The molecule has 3 fully saturated rings. The van der Waals surface area contributed by atoms with Crippen molar-refractivity contribution in [2.75, 3.05) is 26.4 Å². The topological polar surface area (TPSA) is 371 Å². The molecular formula is C56H96N6O24S. The highest BCUT2D eigenvalue weighted by atomic mass is 32.2. The van der Waals surface area contributed by atoms with Crippen LogP contribution in [0.3, 0.4) is 0 Å². The highest BCUT2D eigenvalue weighted by Crippen LogP contribution is 2.37. The van der Waals surface area contributed by atoms with Gasteiger partial charge in [-0.15, -0.1) is 0 Å². The van der Waals surface area contributed by atoms with Gasteiger partial charge in [-0.2, -0.15) is 8.42 Å². The van der Waals surface area contributed by atoms with Crippen LogP contribution in [0.25, 0.3) is 0 Å². The lowest BCUT2D eigenvalue weighted by Crippen LogP contribution is -2.71. The fourth-order valence-electron chi connectivity index (χ4n) is 9.29. The fraction of sp³-hybridized carbons (Fsp3) is 0.839. The van der Waals surface area contributed by atoms with E-state index in [0.29, 0.717) is 6.26 Å². The lowest BCUT2D eigenvalue weighted by molar-refractivity contribution is -0.314. The highest BCUT2D eigenvalue weighted by Gasteiger charge is 2.57. The van der Waals surface area contributed by atoms with E-state index < -0.39 is 184 Å². The number of carbonyl (C=O) groups is 9. The average molecular weight is 1270 g/mol. The van der Waals surface area contributed by atoms with Crippen LogP contribution in [0.4, 0.5) is 24.0 Å². The molecule has 2 saturated heterocycles. The summed E-state index contributed by atoms with van der Waals surface area (Å²) in [6.45, 7) is 28.6. The Kier molecular flexibility index (Phi) is 26.8. The van der Waals surface area contributed by atoms with E-state index in [2.05, 4.69) is 26.6 Å². The molecule has 2 aliphatic heterocycles. The third-order valence-electron chi connectivity index (χ3n) is 12.2. The van der Waals surface area contributed by atoms with Gasteiger partial charge < -0.3 is 88.3 Å². The van der Waals surface area contributed by atoms with Crippen molar-refractivity contribution in [3.8, 4) is 0 Å². The van der Waals surface area contributed by atoms with Crippen LogP contribution in [0.5, 0.6) is 0 Å². The summed E-state index contributed by atoms with van der Waals surface area (Å²) in [5.41, 5.74) is -5.06. The van der Waals surface area contributed by atoms with Gasteiger partial charge in [0.1, 0.15) is 52.4 Å². The maximum Gasteiger partial charge on any atom is 0.410 e. The molecule has 14 atom stereocenters. The summed E-state index contributed by atoms with van der Waals surface area (Å²) in [4.78, 5) is 122. The molecule has 1 saturated carbocycles. The van der Waals surface area contributed by atoms with Gasteiger partial charge in [-0.3, -0.25) is 23.4 Å². The number of hydrogen-bond donors (Lipinski definition) is 5. The Labute approximate surface area is 510 Å². The lowest BCUT2D eigenvalue weighted by Gasteiger charge is -2.51. The molecule has 2 heterocycles. The second-order valence-electron chi connectivity index (χ2n) is 26.5. The van der Waals surface area contributed by atoms with E-state index in [1.807, 2.05) is 0 Å². The maximum atomic E-state index is 14.8. The minimum atomic E-state index is -4.77. The maximum absolute atomic E-state index is 14.8. The van der Waals surface area contributed by atoms with Gasteiger partial charge in [0.2, 0.25) is 0 Å². The Bertz CT molecular complexity index is 2500. The number of alkyl carbamates (subject to hydrolysis) is 4. The molecule has 3 aliphatic rings. The molecule has 5 N–H and O–H groups in total. The van der Waals surface area contributed by atoms with E-state index in [1.165, 1.54) is 11.9 Å². The van der Waals surface area contributed by atoms with Gasteiger partial charge in [0.25, 0.3) is 16.0 Å². The number of hydrogen-bond acceptors (Lipinski definition) is 24. The van der Waals surface area contributed by atoms with Crippen molar-refractivity contribution in [2.24, 2.45) is 0 Å². The van der Waals surface area contributed by atoms with E-state index in [9.17, 15) is 51.6 Å². The summed E-state index contributed by atoms with van der Waals surface area (Å²) < 4.78 is 105. The monoisotopic (exact) mass is 1270 g/mol. The molecule has 0 aromatic rings. The number of ether oxygens (including phenoxy) is 12. The molecule has 6 unspecified atom stereocenters. The van der Waals surface area contributed by atoms with Gasteiger partial charge in [0, 0.05) is 47.3 Å². The average Bonchev–Trinajstić information content (AvgIpc) is 0.823. The zero-order valence-electron chi connectivity index (χ0n) is 54.2. The Hall–Kier alpha value is -6.02. The molecule has 0 aromatic carbocycles. The summed E-state index contributed by atoms with van der Waals surface area (Å²) in [5.74, 6) is -3.83. The smallest absolute Gasteiger partial charge is 0.410 e. The molecule has 30 nitrogen and oxygen atoms in total. The Morgan fingerprint density at radius 3 is 1.48 bits per heavy atom. The first kappa shape index (κ1) is 75.2. The summed E-state index contributed by atoms with van der Waals surface area (Å²) in [6.07, 6.45) is -21.2. The zero-order chi connectivity index (χ0) is 66.5. The number of carbonyl (C=O) groups excluding carboxylic acids is 9. The Morgan fingerprint density at radius 2 is 1.01 bits per heavy atom. The number of esters is 3. The number of nitrogens with zero attached hydrogens (tertiary/aromatic N) is 1. The van der Waals surface area contributed by atoms with Crippen LogP contribution in [-0.2, 0) is 90.3 Å². The van der Waals surface area contributed by atoms with Crippen molar-refractivity contribution < 1.29 is 113 Å². The Morgan fingerprint density at radius 1 is 0.552 bits per heavy atom. The van der Waals surface area contributed by atoms with E-state index in [-0.39, 0.29) is 38.8 Å². The van der Waals surface area contributed by atoms with Crippen molar-refractivity contribution in [1.29, 1.82) is 0 Å². The summed E-state index contributed by atoms with van der Waals surface area (Å²) >= 11 is 0. The quantitative estimate of drug-likeness (QED) is 0.0615. The SMILES string of the molecule is CCC1O[C@H](O[C@@H]2C(OS(C)(=O)=O)C(O[C@H]3OC(CN(C)C(=O)OC(C)(C)C)CCC3NC(=O)OC(C)(C)C)[C@@H](NC(=O)OC(C)(C)C)C[C@H]2NC(=O)[C@H](CCNC(=O)OC(C)(C)C)OC(C)=O)C(OC(C)=O)[C@@H](NC(=O)OC(C)(C)C)[C@H]1OC(C)=O. The van der Waals surface area contributed by atoms with Crippen molar-refractivity contribution in [3.63, 3.8) is 0 Å². The fourth-order valence-corrected chi connectivity index (χ4v) is 9.91. The van der Waals surface area contributed by atoms with Crippen LogP contribution >= 0.6 is 0 Å². The normalized spacial score (nSPS) is 26.7. The first-order chi connectivity index (χ1) is 39.6. The molecule has 0 bridgehead atoms.